The van der Waals surface area contributed by atoms with Gasteiger partial charge in [-0.15, -0.1) is 23.1 Å². The molecule has 3 saturated heterocycles. The van der Waals surface area contributed by atoms with Gasteiger partial charge >= 0.3 is 29.6 Å². The maximum Gasteiger partial charge on any atom is 1.00 e. The number of oxime groups is 1. The quantitative estimate of drug-likeness (QED) is 0.158. The summed E-state index contributed by atoms with van der Waals surface area (Å²) in [5.74, 6) is -2.92. The maximum absolute atomic E-state index is 13.0. The zero-order chi connectivity index (χ0) is 23.4. The first-order valence-electron chi connectivity index (χ1n) is 9.57. The molecule has 3 N–H and O–H groups in total. The van der Waals surface area contributed by atoms with Crippen LogP contribution >= 0.6 is 23.1 Å². The number of carbonyl (C=O) groups is 3. The van der Waals surface area contributed by atoms with Crippen molar-refractivity contribution < 1.29 is 62.3 Å². The van der Waals surface area contributed by atoms with Gasteiger partial charge in [-0.25, -0.2) is 13.4 Å². The van der Waals surface area contributed by atoms with E-state index in [1.54, 1.807) is 13.8 Å². The first-order valence-corrected chi connectivity index (χ1v) is 13.1. The van der Waals surface area contributed by atoms with Crippen molar-refractivity contribution in [2.45, 2.75) is 48.6 Å². The molecule has 0 bridgehead atoms. The van der Waals surface area contributed by atoms with Gasteiger partial charge in [0, 0.05) is 16.5 Å². The molecule has 4 heterocycles. The van der Waals surface area contributed by atoms with E-state index < -0.39 is 55.9 Å². The molecule has 16 heteroatoms. The number of sulfone groups is 1. The Bertz CT molecular complexity index is 1120. The van der Waals surface area contributed by atoms with Crippen LogP contribution in [0, 0.1) is 0 Å². The van der Waals surface area contributed by atoms with Gasteiger partial charge in [-0.2, -0.15) is 0 Å². The number of carboxylic acid groups (broad SMARTS) is 1. The molecule has 2 amide bonds. The van der Waals surface area contributed by atoms with Crippen LogP contribution in [0.3, 0.4) is 0 Å². The average Bonchev–Trinajstić information content (AvgIpc) is 3.34. The maximum atomic E-state index is 13.0. The van der Waals surface area contributed by atoms with Crippen molar-refractivity contribution >= 4 is 61.6 Å². The summed E-state index contributed by atoms with van der Waals surface area (Å²) in [5.41, 5.74) is 5.50. The van der Waals surface area contributed by atoms with Crippen molar-refractivity contribution in [1.82, 2.24) is 15.2 Å². The number of β-lactam (4-membered cyclic amide) rings is 1. The van der Waals surface area contributed by atoms with Gasteiger partial charge in [0.2, 0.25) is 5.91 Å². The molecule has 0 aliphatic carbocycles. The predicted octanol–water partition coefficient (Wildman–Crippen LogP) is -5.07. The number of carboxylic acids is 1. The van der Waals surface area contributed by atoms with E-state index in [1.807, 2.05) is 0 Å². The van der Waals surface area contributed by atoms with Gasteiger partial charge < -0.3 is 30.7 Å². The van der Waals surface area contributed by atoms with Crippen LogP contribution < -0.4 is 45.7 Å². The third-order valence-electron chi connectivity index (χ3n) is 5.41. The van der Waals surface area contributed by atoms with Crippen molar-refractivity contribution in [1.29, 1.82) is 0 Å². The fraction of sp³-hybridized carbons (Fsp3) is 0.588. The second kappa shape index (κ2) is 9.34. The van der Waals surface area contributed by atoms with Crippen LogP contribution in [0.1, 0.15) is 26.0 Å². The molecule has 1 aromatic rings. The first-order chi connectivity index (χ1) is 14.9. The van der Waals surface area contributed by atoms with E-state index in [0.29, 0.717) is 0 Å². The smallest absolute Gasteiger partial charge is 0.548 e. The van der Waals surface area contributed by atoms with Gasteiger partial charge in [0.1, 0.15) is 23.2 Å². The molecule has 0 saturated carbocycles. The SMILES string of the molecule is CC1(C)S[C@@H]2[C@@H](NC(=O)/C(=N\OC3CCS(=O)(=O)C3)c3csc(N)n3)C(=O)N2[C@H]1C(=O)[O-].[Na+]. The van der Waals surface area contributed by atoms with Crippen LogP contribution in [0.15, 0.2) is 10.5 Å². The minimum atomic E-state index is -3.21. The number of hydrogen-bond acceptors (Lipinski definition) is 12. The van der Waals surface area contributed by atoms with E-state index in [0.717, 1.165) is 11.3 Å². The Morgan fingerprint density at radius 2 is 2.12 bits per heavy atom. The van der Waals surface area contributed by atoms with Gasteiger partial charge in [-0.3, -0.25) is 9.59 Å². The molecule has 3 aliphatic heterocycles. The standard InChI is InChI=1S/C17H21N5O7S3.Na/c1-17(2)11(15(25)26)22-13(24)10(14(22)31-17)20-12(23)9(8-5-30-16(18)19-8)21-29-7-3-4-32(27,28)6-7;/h5,7,10-11,14H,3-4,6H2,1-2H3,(H2,18,19)(H,20,23)(H,25,26);/q;+1/p-1/b21-9-;/t7?,10-,11-,14+;/m0./s1. The average molecular weight is 526 g/mol. The van der Waals surface area contributed by atoms with E-state index in [1.165, 1.54) is 22.0 Å². The fourth-order valence-corrected chi connectivity index (χ4v) is 7.66. The van der Waals surface area contributed by atoms with E-state index in [4.69, 9.17) is 10.6 Å². The fourth-order valence-electron chi connectivity index (χ4n) is 3.91. The van der Waals surface area contributed by atoms with E-state index >= 15 is 0 Å². The topological polar surface area (TPSA) is 184 Å². The number of anilines is 1. The number of nitrogens with one attached hydrogen (secondary N) is 1. The van der Waals surface area contributed by atoms with E-state index in [9.17, 15) is 27.9 Å². The number of fused-ring (bicyclic) bond motifs is 1. The number of amides is 2. The van der Waals surface area contributed by atoms with Gasteiger partial charge in [-0.1, -0.05) is 5.16 Å². The monoisotopic (exact) mass is 525 g/mol. The Hall–Kier alpha value is -1.39. The molecule has 33 heavy (non-hydrogen) atoms. The Kier molecular flexibility index (Phi) is 7.42. The number of aromatic nitrogens is 1. The molecule has 1 unspecified atom stereocenters. The molecule has 3 fully saturated rings. The number of rotatable bonds is 6. The molecular weight excluding hydrogens is 505 g/mol. The molecule has 12 nitrogen and oxygen atoms in total. The summed E-state index contributed by atoms with van der Waals surface area (Å²) in [6.07, 6.45) is -0.455. The Balaban J connectivity index is 0.00000306. The van der Waals surface area contributed by atoms with Crippen LogP contribution in [-0.4, -0.2) is 81.6 Å². The second-order valence-electron chi connectivity index (χ2n) is 8.17. The van der Waals surface area contributed by atoms with Gasteiger partial charge in [0.25, 0.3) is 5.91 Å². The van der Waals surface area contributed by atoms with Crippen LogP contribution in [0.25, 0.3) is 0 Å². The summed E-state index contributed by atoms with van der Waals surface area (Å²) in [5, 5.41) is 19.0. The molecule has 0 radical (unpaired) electrons. The Morgan fingerprint density at radius 3 is 2.67 bits per heavy atom. The van der Waals surface area contributed by atoms with Crippen LogP contribution in [0.5, 0.6) is 0 Å². The number of nitrogens with two attached hydrogens (primary N) is 1. The molecule has 3 aliphatic rings. The van der Waals surface area contributed by atoms with Gasteiger partial charge in [0.05, 0.1) is 23.5 Å². The molecule has 1 aromatic heterocycles. The zero-order valence-corrected chi connectivity index (χ0v) is 22.5. The van der Waals surface area contributed by atoms with Crippen LogP contribution in [0.2, 0.25) is 0 Å². The number of nitrogens with zero attached hydrogens (tertiary/aromatic N) is 3. The molecule has 0 spiro atoms. The van der Waals surface area contributed by atoms with Crippen LogP contribution in [0.4, 0.5) is 5.13 Å². The first kappa shape index (κ1) is 26.2. The summed E-state index contributed by atoms with van der Waals surface area (Å²) >= 11 is 2.32. The van der Waals surface area contributed by atoms with E-state index in [-0.39, 0.29) is 64.0 Å². The van der Waals surface area contributed by atoms with E-state index in [2.05, 4.69) is 15.5 Å². The molecule has 174 valence electrons. The van der Waals surface area contributed by atoms with Gasteiger partial charge in [-0.05, 0) is 13.8 Å². The Morgan fingerprint density at radius 1 is 1.42 bits per heavy atom. The minimum Gasteiger partial charge on any atom is -0.548 e. The third kappa shape index (κ3) is 5.03. The van der Waals surface area contributed by atoms with Gasteiger partial charge in [0.15, 0.2) is 20.7 Å². The minimum absolute atomic E-state index is 0. The van der Waals surface area contributed by atoms with Crippen molar-refractivity contribution in [3.05, 3.63) is 11.1 Å². The zero-order valence-electron chi connectivity index (χ0n) is 18.0. The summed E-state index contributed by atoms with van der Waals surface area (Å²) in [4.78, 5) is 47.6. The summed E-state index contributed by atoms with van der Waals surface area (Å²) in [6, 6.07) is -2.08. The number of thioether (sulfide) groups is 1. The molecular formula is C17H20N5NaO7S3. The summed E-state index contributed by atoms with van der Waals surface area (Å²) < 4.78 is 22.5. The molecule has 0 aromatic carbocycles. The normalized spacial score (nSPS) is 29.6. The number of hydrogen-bond donors (Lipinski definition) is 2. The van der Waals surface area contributed by atoms with Crippen molar-refractivity contribution in [2.75, 3.05) is 17.2 Å². The number of thiazole rings is 1. The third-order valence-corrected chi connectivity index (χ3v) is 9.40. The second-order valence-corrected chi connectivity index (χ2v) is 13.1. The van der Waals surface area contributed by atoms with Crippen molar-refractivity contribution in [2.24, 2.45) is 5.16 Å². The molecule has 4 atom stereocenters. The molecule has 4 rings (SSSR count). The summed E-state index contributed by atoms with van der Waals surface area (Å²) in [7, 11) is -3.21. The predicted molar refractivity (Wildman–Crippen MR) is 114 cm³/mol. The van der Waals surface area contributed by atoms with Crippen molar-refractivity contribution in [3.8, 4) is 0 Å². The van der Waals surface area contributed by atoms with Crippen molar-refractivity contribution in [3.63, 3.8) is 0 Å². The Labute approximate surface area is 219 Å². The number of nitrogen functional groups attached to an aromatic ring is 1. The largest absolute Gasteiger partial charge is 1.00 e. The van der Waals surface area contributed by atoms with Crippen LogP contribution in [-0.2, 0) is 29.1 Å². The number of aliphatic carboxylic acids is 1. The number of carbonyl (C=O) groups excluding carboxylic acids is 3. The summed E-state index contributed by atoms with van der Waals surface area (Å²) in [6.45, 7) is 3.38.